The van der Waals surface area contributed by atoms with E-state index in [0.29, 0.717) is 23.3 Å². The Labute approximate surface area is 127 Å². The van der Waals surface area contributed by atoms with Crippen molar-refractivity contribution in [1.29, 1.82) is 0 Å². The molecular formula is C18H16F2O2. The lowest BCUT2D eigenvalue weighted by atomic mass is 10.0. The Morgan fingerprint density at radius 2 is 1.77 bits per heavy atom. The summed E-state index contributed by atoms with van der Waals surface area (Å²) in [5.74, 6) is -1.37. The second-order valence-electron chi connectivity index (χ2n) is 5.19. The van der Waals surface area contributed by atoms with Gasteiger partial charge >= 0.3 is 0 Å². The van der Waals surface area contributed by atoms with Gasteiger partial charge in [0.05, 0.1) is 0 Å². The second kappa shape index (κ2) is 5.89. The van der Waals surface area contributed by atoms with Gasteiger partial charge < -0.3 is 9.15 Å². The van der Waals surface area contributed by atoms with Crippen LogP contribution in [0.15, 0.2) is 40.8 Å². The van der Waals surface area contributed by atoms with Crippen LogP contribution in [0, 0.1) is 18.6 Å². The van der Waals surface area contributed by atoms with Gasteiger partial charge in [0.2, 0.25) is 5.82 Å². The number of rotatable bonds is 4. The Bertz CT molecular complexity index is 804. The average molecular weight is 302 g/mol. The quantitative estimate of drug-likeness (QED) is 0.659. The predicted octanol–water partition coefficient (Wildman–Crippen LogP) is 5.22. The van der Waals surface area contributed by atoms with E-state index in [1.165, 1.54) is 0 Å². The molecule has 0 aliphatic carbocycles. The smallest absolute Gasteiger partial charge is 0.202 e. The van der Waals surface area contributed by atoms with Gasteiger partial charge in [-0.25, -0.2) is 4.39 Å². The van der Waals surface area contributed by atoms with Gasteiger partial charge in [-0.05, 0) is 31.5 Å². The Balaban J connectivity index is 2.11. The summed E-state index contributed by atoms with van der Waals surface area (Å²) in [5.41, 5.74) is 1.86. The van der Waals surface area contributed by atoms with Crippen molar-refractivity contribution >= 4 is 11.0 Å². The van der Waals surface area contributed by atoms with Gasteiger partial charge in [0.15, 0.2) is 11.4 Å². The number of fused-ring (bicyclic) bond motifs is 1. The molecule has 0 aliphatic rings. The second-order valence-corrected chi connectivity index (χ2v) is 5.19. The van der Waals surface area contributed by atoms with Crippen molar-refractivity contribution in [1.82, 2.24) is 0 Å². The van der Waals surface area contributed by atoms with E-state index in [1.54, 1.807) is 24.3 Å². The highest BCUT2D eigenvalue weighted by molar-refractivity contribution is 5.85. The van der Waals surface area contributed by atoms with E-state index < -0.39 is 11.6 Å². The molecule has 114 valence electrons. The monoisotopic (exact) mass is 302 g/mol. The van der Waals surface area contributed by atoms with Crippen LogP contribution in [0.4, 0.5) is 8.78 Å². The SMILES string of the molecule is CCOCc1cc2cc(-c3ccc(C)cc3)c(F)c(F)c2o1. The van der Waals surface area contributed by atoms with Crippen molar-refractivity contribution in [3.63, 3.8) is 0 Å². The summed E-state index contributed by atoms with van der Waals surface area (Å²) in [7, 11) is 0. The first-order valence-electron chi connectivity index (χ1n) is 7.15. The maximum absolute atomic E-state index is 14.3. The lowest BCUT2D eigenvalue weighted by Crippen LogP contribution is -1.90. The number of furan rings is 1. The number of aryl methyl sites for hydroxylation is 1. The van der Waals surface area contributed by atoms with Crippen LogP contribution in [0.1, 0.15) is 18.2 Å². The maximum atomic E-state index is 14.3. The first kappa shape index (κ1) is 14.7. The van der Waals surface area contributed by atoms with Gasteiger partial charge in [-0.15, -0.1) is 0 Å². The van der Waals surface area contributed by atoms with Gasteiger partial charge in [-0.1, -0.05) is 29.8 Å². The number of hydrogen-bond acceptors (Lipinski definition) is 2. The topological polar surface area (TPSA) is 22.4 Å². The van der Waals surface area contributed by atoms with Crippen LogP contribution in [-0.4, -0.2) is 6.61 Å². The van der Waals surface area contributed by atoms with Crippen LogP contribution < -0.4 is 0 Å². The molecule has 22 heavy (non-hydrogen) atoms. The largest absolute Gasteiger partial charge is 0.455 e. The Morgan fingerprint density at radius 3 is 2.45 bits per heavy atom. The van der Waals surface area contributed by atoms with E-state index in [-0.39, 0.29) is 17.8 Å². The van der Waals surface area contributed by atoms with E-state index >= 15 is 0 Å². The first-order valence-corrected chi connectivity index (χ1v) is 7.15. The summed E-state index contributed by atoms with van der Waals surface area (Å²) in [6.45, 7) is 4.58. The fraction of sp³-hybridized carbons (Fsp3) is 0.222. The molecule has 2 nitrogen and oxygen atoms in total. The van der Waals surface area contributed by atoms with E-state index in [0.717, 1.165) is 5.56 Å². The zero-order chi connectivity index (χ0) is 15.7. The highest BCUT2D eigenvalue weighted by Crippen LogP contribution is 2.32. The van der Waals surface area contributed by atoms with Gasteiger partial charge in [-0.2, -0.15) is 4.39 Å². The Hall–Kier alpha value is -2.20. The van der Waals surface area contributed by atoms with Gasteiger partial charge in [0.25, 0.3) is 0 Å². The van der Waals surface area contributed by atoms with Gasteiger partial charge in [-0.3, -0.25) is 0 Å². The van der Waals surface area contributed by atoms with E-state index in [1.807, 2.05) is 26.0 Å². The predicted molar refractivity (Wildman–Crippen MR) is 81.6 cm³/mol. The molecule has 0 spiro atoms. The van der Waals surface area contributed by atoms with Crippen LogP contribution in [0.3, 0.4) is 0 Å². The van der Waals surface area contributed by atoms with Crippen LogP contribution in [0.25, 0.3) is 22.1 Å². The molecule has 0 atom stereocenters. The minimum absolute atomic E-state index is 0.0666. The van der Waals surface area contributed by atoms with Crippen LogP contribution in [0.2, 0.25) is 0 Å². The molecule has 0 amide bonds. The highest BCUT2D eigenvalue weighted by Gasteiger charge is 2.18. The van der Waals surface area contributed by atoms with Crippen LogP contribution in [0.5, 0.6) is 0 Å². The van der Waals surface area contributed by atoms with Crippen molar-refractivity contribution in [3.8, 4) is 11.1 Å². The third kappa shape index (κ3) is 2.62. The molecule has 0 bridgehead atoms. The van der Waals surface area contributed by atoms with Crippen molar-refractivity contribution in [2.75, 3.05) is 6.61 Å². The molecule has 0 fully saturated rings. The molecule has 0 saturated heterocycles. The van der Waals surface area contributed by atoms with Crippen LogP contribution >= 0.6 is 0 Å². The summed E-state index contributed by atoms with van der Waals surface area (Å²) in [4.78, 5) is 0. The fourth-order valence-electron chi connectivity index (χ4n) is 2.39. The average Bonchev–Trinajstić information content (AvgIpc) is 2.93. The molecule has 0 unspecified atom stereocenters. The minimum atomic E-state index is -0.962. The maximum Gasteiger partial charge on any atom is 0.202 e. The van der Waals surface area contributed by atoms with Crippen molar-refractivity contribution in [3.05, 3.63) is 59.4 Å². The summed E-state index contributed by atoms with van der Waals surface area (Å²) in [5, 5.41) is 0.532. The lowest BCUT2D eigenvalue weighted by molar-refractivity contribution is 0.119. The van der Waals surface area contributed by atoms with Crippen molar-refractivity contribution in [2.24, 2.45) is 0 Å². The molecule has 0 N–H and O–H groups in total. The lowest BCUT2D eigenvalue weighted by Gasteiger charge is -2.05. The Morgan fingerprint density at radius 1 is 1.05 bits per heavy atom. The molecular weight excluding hydrogens is 286 g/mol. The number of benzene rings is 2. The molecule has 1 heterocycles. The molecule has 0 radical (unpaired) electrons. The molecule has 3 aromatic rings. The molecule has 0 aliphatic heterocycles. The number of ether oxygens (including phenoxy) is 1. The van der Waals surface area contributed by atoms with Gasteiger partial charge in [0.1, 0.15) is 12.4 Å². The van der Waals surface area contributed by atoms with Gasteiger partial charge in [0, 0.05) is 17.6 Å². The van der Waals surface area contributed by atoms with Crippen molar-refractivity contribution < 1.29 is 17.9 Å². The molecule has 4 heteroatoms. The minimum Gasteiger partial charge on any atom is -0.455 e. The highest BCUT2D eigenvalue weighted by atomic mass is 19.2. The van der Waals surface area contributed by atoms with E-state index in [2.05, 4.69) is 0 Å². The van der Waals surface area contributed by atoms with Crippen LogP contribution in [-0.2, 0) is 11.3 Å². The number of halogens is 2. The fourth-order valence-corrected chi connectivity index (χ4v) is 2.39. The molecule has 0 saturated carbocycles. The summed E-state index contributed by atoms with van der Waals surface area (Å²) in [6, 6.07) is 10.6. The number of hydrogen-bond donors (Lipinski definition) is 0. The molecule has 3 rings (SSSR count). The Kier molecular flexibility index (Phi) is 3.94. The standard InChI is InChI=1S/C18H16F2O2/c1-3-21-10-14-8-13-9-15(12-6-4-11(2)5-7-12)16(19)17(20)18(13)22-14/h4-9H,3,10H2,1-2H3. The summed E-state index contributed by atoms with van der Waals surface area (Å²) < 4.78 is 39.2. The summed E-state index contributed by atoms with van der Waals surface area (Å²) >= 11 is 0. The third-order valence-electron chi connectivity index (χ3n) is 3.55. The molecule has 1 aromatic heterocycles. The first-order chi connectivity index (χ1) is 10.6. The van der Waals surface area contributed by atoms with E-state index in [9.17, 15) is 8.78 Å². The van der Waals surface area contributed by atoms with Crippen molar-refractivity contribution in [2.45, 2.75) is 20.5 Å². The third-order valence-corrected chi connectivity index (χ3v) is 3.55. The zero-order valence-corrected chi connectivity index (χ0v) is 12.5. The zero-order valence-electron chi connectivity index (χ0n) is 12.5. The molecule has 2 aromatic carbocycles. The normalized spacial score (nSPS) is 11.3. The van der Waals surface area contributed by atoms with E-state index in [4.69, 9.17) is 9.15 Å². The summed E-state index contributed by atoms with van der Waals surface area (Å²) in [6.07, 6.45) is 0.